The Kier molecular flexibility index (Phi) is 9.28. The Morgan fingerprint density at radius 1 is 0.973 bits per heavy atom. The second kappa shape index (κ2) is 12.8. The average Bonchev–Trinajstić information content (AvgIpc) is 3.31. The fraction of sp³-hybridized carbons (Fsp3) is 0.643. The Bertz CT molecular complexity index is 993. The smallest absolute Gasteiger partial charge is 0.135 e. The van der Waals surface area contributed by atoms with Gasteiger partial charge in [-0.1, -0.05) is 30.7 Å². The summed E-state index contributed by atoms with van der Waals surface area (Å²) >= 11 is 6.17. The van der Waals surface area contributed by atoms with Gasteiger partial charge >= 0.3 is 0 Å². The Morgan fingerprint density at radius 2 is 1.68 bits per heavy atom. The molecule has 9 heteroatoms. The molecule has 0 spiro atoms. The first-order chi connectivity index (χ1) is 18.1. The molecule has 1 aromatic carbocycles. The highest BCUT2D eigenvalue weighted by Gasteiger charge is 2.28. The van der Waals surface area contributed by atoms with Gasteiger partial charge in [0.1, 0.15) is 12.1 Å². The number of nitrogens with zero attached hydrogens (tertiary/aromatic N) is 6. The number of piperazine rings is 2. The normalized spacial score (nSPS) is 22.4. The molecule has 0 saturated carbocycles. The number of halogens is 1. The number of hydrogen-bond acceptors (Lipinski definition) is 8. The number of fused-ring (bicyclic) bond motifs is 1. The van der Waals surface area contributed by atoms with Crippen molar-refractivity contribution in [3.8, 4) is 0 Å². The summed E-state index contributed by atoms with van der Waals surface area (Å²) in [5.74, 6) is 2.00. The lowest BCUT2D eigenvalue weighted by Gasteiger charge is -2.37. The van der Waals surface area contributed by atoms with Crippen LogP contribution in [0.25, 0.3) is 0 Å². The second-order valence-corrected chi connectivity index (χ2v) is 11.2. The fourth-order valence-electron chi connectivity index (χ4n) is 5.93. The van der Waals surface area contributed by atoms with Gasteiger partial charge in [0.15, 0.2) is 0 Å². The van der Waals surface area contributed by atoms with Crippen LogP contribution in [0.15, 0.2) is 30.6 Å². The molecule has 0 bridgehead atoms. The van der Waals surface area contributed by atoms with E-state index in [0.29, 0.717) is 25.2 Å². The molecule has 1 aromatic heterocycles. The van der Waals surface area contributed by atoms with Crippen LogP contribution in [0.1, 0.15) is 42.0 Å². The predicted molar refractivity (Wildman–Crippen MR) is 148 cm³/mol. The van der Waals surface area contributed by atoms with Crippen LogP contribution >= 0.6 is 11.6 Å². The summed E-state index contributed by atoms with van der Waals surface area (Å²) in [5, 5.41) is 10.00. The third-order valence-electron chi connectivity index (χ3n) is 8.22. The van der Waals surface area contributed by atoms with E-state index >= 15 is 0 Å². The first-order valence-electron chi connectivity index (χ1n) is 13.8. The number of anilines is 1. The predicted octanol–water partition coefficient (Wildman–Crippen LogP) is 2.67. The van der Waals surface area contributed by atoms with Crippen molar-refractivity contribution in [3.05, 3.63) is 52.4 Å². The molecule has 5 rings (SSSR count). The number of benzene rings is 1. The second-order valence-electron chi connectivity index (χ2n) is 10.7. The molecule has 2 saturated heterocycles. The number of β-amino-alcohol motifs (C(OH)–C–C–N with tert-alkyl or cyclic N) is 1. The Labute approximate surface area is 226 Å². The van der Waals surface area contributed by atoms with E-state index < -0.39 is 0 Å². The lowest BCUT2D eigenvalue weighted by Crippen LogP contribution is -2.49. The summed E-state index contributed by atoms with van der Waals surface area (Å²) in [5.41, 5.74) is 3.89. The maximum absolute atomic E-state index is 9.23. The standard InChI is InChI=1S/C28H41ClN6O2/c1-22-2-7-26-27(22)28(31-20-30-26)35-14-12-34(13-15-35)21-37-19-24(23-3-5-25(29)6-4-23)18-33-10-8-32(9-11-33)16-17-36/h3-6,20,22,24,36H,2,7-19,21H2,1H3/t22-,24+/m1/s1. The highest BCUT2D eigenvalue weighted by atomic mass is 35.5. The van der Waals surface area contributed by atoms with E-state index in [4.69, 9.17) is 16.3 Å². The van der Waals surface area contributed by atoms with Crippen LogP contribution in [0.2, 0.25) is 5.02 Å². The van der Waals surface area contributed by atoms with Crippen LogP contribution in [0, 0.1) is 0 Å². The Morgan fingerprint density at radius 3 is 2.41 bits per heavy atom. The average molecular weight is 529 g/mol. The van der Waals surface area contributed by atoms with Crippen molar-refractivity contribution in [2.45, 2.75) is 31.6 Å². The van der Waals surface area contributed by atoms with Crippen molar-refractivity contribution in [1.29, 1.82) is 0 Å². The summed E-state index contributed by atoms with van der Waals surface area (Å²) in [6.07, 6.45) is 4.00. The number of hydrogen-bond donors (Lipinski definition) is 1. The van der Waals surface area contributed by atoms with Crippen molar-refractivity contribution >= 4 is 17.4 Å². The molecule has 0 radical (unpaired) electrons. The quantitative estimate of drug-likeness (QED) is 0.505. The number of aliphatic hydroxyl groups excluding tert-OH is 1. The van der Waals surface area contributed by atoms with Crippen molar-refractivity contribution in [3.63, 3.8) is 0 Å². The highest BCUT2D eigenvalue weighted by Crippen LogP contribution is 2.37. The van der Waals surface area contributed by atoms with Gasteiger partial charge in [0.05, 0.1) is 19.9 Å². The molecular weight excluding hydrogens is 488 g/mol. The molecule has 2 aliphatic heterocycles. The molecule has 3 aliphatic rings. The zero-order valence-corrected chi connectivity index (χ0v) is 22.8. The molecule has 37 heavy (non-hydrogen) atoms. The van der Waals surface area contributed by atoms with Gasteiger partial charge in [-0.2, -0.15) is 0 Å². The van der Waals surface area contributed by atoms with Crippen molar-refractivity contribution in [1.82, 2.24) is 24.7 Å². The lowest BCUT2D eigenvalue weighted by atomic mass is 9.99. The molecule has 0 unspecified atom stereocenters. The van der Waals surface area contributed by atoms with Gasteiger partial charge in [0.25, 0.3) is 0 Å². The molecule has 1 N–H and O–H groups in total. The van der Waals surface area contributed by atoms with E-state index in [9.17, 15) is 5.11 Å². The molecule has 2 atom stereocenters. The minimum atomic E-state index is 0.232. The van der Waals surface area contributed by atoms with E-state index in [1.807, 2.05) is 12.1 Å². The maximum Gasteiger partial charge on any atom is 0.135 e. The van der Waals surface area contributed by atoms with E-state index in [1.54, 1.807) is 6.33 Å². The SMILES string of the molecule is C[C@@H]1CCc2ncnc(N3CCN(COC[C@H](CN4CCN(CCO)CC4)c4ccc(Cl)cc4)CC3)c21. The van der Waals surface area contributed by atoms with Crippen LogP contribution in [0.3, 0.4) is 0 Å². The van der Waals surface area contributed by atoms with Gasteiger partial charge in [-0.25, -0.2) is 9.97 Å². The molecule has 0 amide bonds. The minimum Gasteiger partial charge on any atom is -0.395 e. The molecule has 2 aromatic rings. The molecule has 3 heterocycles. The summed E-state index contributed by atoms with van der Waals surface area (Å²) in [7, 11) is 0. The molecular formula is C28H41ClN6O2. The molecule has 1 aliphatic carbocycles. The van der Waals surface area contributed by atoms with Crippen LogP contribution < -0.4 is 4.90 Å². The minimum absolute atomic E-state index is 0.232. The fourth-order valence-corrected chi connectivity index (χ4v) is 6.05. The molecule has 2 fully saturated rings. The van der Waals surface area contributed by atoms with Gasteiger partial charge in [0, 0.05) is 87.6 Å². The Hall–Kier alpha value is -1.81. The first-order valence-corrected chi connectivity index (χ1v) is 14.2. The Balaban J connectivity index is 1.12. The van der Waals surface area contributed by atoms with Gasteiger partial charge < -0.3 is 19.6 Å². The largest absolute Gasteiger partial charge is 0.395 e. The van der Waals surface area contributed by atoms with Crippen molar-refractivity contribution in [2.75, 3.05) is 90.3 Å². The number of rotatable bonds is 10. The van der Waals surface area contributed by atoms with E-state index in [2.05, 4.69) is 48.6 Å². The van der Waals surface area contributed by atoms with Gasteiger partial charge in [-0.3, -0.25) is 9.80 Å². The van der Waals surface area contributed by atoms with Gasteiger partial charge in [0.2, 0.25) is 0 Å². The summed E-state index contributed by atoms with van der Waals surface area (Å²) in [6.45, 7) is 13.6. The number of ether oxygens (including phenoxy) is 1. The summed E-state index contributed by atoms with van der Waals surface area (Å²) in [4.78, 5) is 18.9. The third kappa shape index (κ3) is 6.80. The van der Waals surface area contributed by atoms with Crippen LogP contribution in [0.5, 0.6) is 0 Å². The van der Waals surface area contributed by atoms with Crippen LogP contribution in [-0.2, 0) is 11.2 Å². The van der Waals surface area contributed by atoms with Crippen molar-refractivity contribution < 1.29 is 9.84 Å². The molecule has 202 valence electrons. The third-order valence-corrected chi connectivity index (χ3v) is 8.47. The van der Waals surface area contributed by atoms with Crippen LogP contribution in [-0.4, -0.2) is 115 Å². The monoisotopic (exact) mass is 528 g/mol. The number of aromatic nitrogens is 2. The topological polar surface area (TPSA) is 68.2 Å². The maximum atomic E-state index is 9.23. The number of aliphatic hydroxyl groups is 1. The van der Waals surface area contributed by atoms with Gasteiger partial charge in [-0.15, -0.1) is 0 Å². The van der Waals surface area contributed by atoms with Gasteiger partial charge in [-0.05, 0) is 36.5 Å². The van der Waals surface area contributed by atoms with Crippen LogP contribution in [0.4, 0.5) is 5.82 Å². The highest BCUT2D eigenvalue weighted by molar-refractivity contribution is 6.30. The van der Waals surface area contributed by atoms with E-state index in [-0.39, 0.29) is 6.61 Å². The van der Waals surface area contributed by atoms with Crippen molar-refractivity contribution in [2.24, 2.45) is 0 Å². The van der Waals surface area contributed by atoms with E-state index in [0.717, 1.165) is 82.7 Å². The summed E-state index contributed by atoms with van der Waals surface area (Å²) in [6, 6.07) is 8.23. The zero-order chi connectivity index (χ0) is 25.6. The van der Waals surface area contributed by atoms with E-state index in [1.165, 1.54) is 23.2 Å². The zero-order valence-electron chi connectivity index (χ0n) is 22.1. The molecule has 8 nitrogen and oxygen atoms in total. The number of aryl methyl sites for hydroxylation is 1. The summed E-state index contributed by atoms with van der Waals surface area (Å²) < 4.78 is 6.33. The lowest BCUT2D eigenvalue weighted by molar-refractivity contribution is 0.0118. The first kappa shape index (κ1) is 26.8.